The molecule has 3 nitrogen and oxygen atoms in total. The third-order valence-corrected chi connectivity index (χ3v) is 8.22. The summed E-state index contributed by atoms with van der Waals surface area (Å²) in [5, 5.41) is 16.3. The molecule has 0 aliphatic carbocycles. The molecule has 0 saturated carbocycles. The summed E-state index contributed by atoms with van der Waals surface area (Å²) in [6, 6.07) is 51.4. The van der Waals surface area contributed by atoms with Crippen LogP contribution < -0.4 is 4.65 Å². The molecule has 7 aromatic carbocycles. The second kappa shape index (κ2) is 9.95. The summed E-state index contributed by atoms with van der Waals surface area (Å²) >= 11 is 0. The van der Waals surface area contributed by atoms with E-state index < -0.39 is 0 Å². The van der Waals surface area contributed by atoms with Crippen molar-refractivity contribution in [3.63, 3.8) is 0 Å². The van der Waals surface area contributed by atoms with Gasteiger partial charge < -0.3 is 14.2 Å². The molecule has 0 fully saturated rings. The van der Waals surface area contributed by atoms with E-state index in [0.29, 0.717) is 5.75 Å². The first-order valence-corrected chi connectivity index (χ1v) is 14.1. The molecule has 42 heavy (non-hydrogen) atoms. The highest BCUT2D eigenvalue weighted by atomic mass is 16.5. The van der Waals surface area contributed by atoms with Gasteiger partial charge in [0.1, 0.15) is 5.75 Å². The van der Waals surface area contributed by atoms with E-state index in [4.69, 9.17) is 4.65 Å². The zero-order chi connectivity index (χ0) is 28.0. The van der Waals surface area contributed by atoms with E-state index in [0.717, 1.165) is 35.2 Å². The van der Waals surface area contributed by atoms with Gasteiger partial charge in [0.25, 0.3) is 0 Å². The maximum absolute atomic E-state index is 9.24. The van der Waals surface area contributed by atoms with Gasteiger partial charge in [-0.05, 0) is 80.2 Å². The van der Waals surface area contributed by atoms with Crippen molar-refractivity contribution in [2.45, 2.75) is 0 Å². The fourth-order valence-electron chi connectivity index (χ4n) is 6.50. The van der Waals surface area contributed by atoms with Gasteiger partial charge in [-0.2, -0.15) is 0 Å². The molecule has 8 rings (SSSR count). The van der Waals surface area contributed by atoms with E-state index in [-0.39, 0.29) is 0 Å². The largest absolute Gasteiger partial charge is 0.569 e. The molecule has 0 saturated heterocycles. The van der Waals surface area contributed by atoms with Gasteiger partial charge in [0, 0.05) is 16.5 Å². The molecule has 1 aromatic heterocycles. The molecular weight excluding hydrogens is 513 g/mol. The van der Waals surface area contributed by atoms with Gasteiger partial charge in [0.05, 0.1) is 11.0 Å². The summed E-state index contributed by atoms with van der Waals surface area (Å²) in [6.07, 6.45) is 0. The van der Waals surface area contributed by atoms with Crippen molar-refractivity contribution in [3.8, 4) is 33.7 Å². The molecule has 197 valence electrons. The molecule has 1 heterocycles. The number of rotatable bonds is 5. The normalized spacial score (nSPS) is 11.5. The van der Waals surface area contributed by atoms with Gasteiger partial charge in [-0.3, -0.25) is 0 Å². The second-order valence-electron chi connectivity index (χ2n) is 10.5. The Hall–Kier alpha value is -5.32. The third kappa shape index (κ3) is 3.81. The van der Waals surface area contributed by atoms with Gasteiger partial charge in [0.15, 0.2) is 0 Å². The highest BCUT2D eigenvalue weighted by Crippen LogP contribution is 2.45. The SMILES string of the molecule is O[B]Oc1ccc2c(c1)c1ccccc1n2-c1ccc2c(-c3ccccc3)c3ccccc3c(-c3ccccc3)c2c1. The predicted molar refractivity (Wildman–Crippen MR) is 175 cm³/mol. The van der Waals surface area contributed by atoms with E-state index in [1.807, 2.05) is 12.1 Å². The first kappa shape index (κ1) is 24.5. The van der Waals surface area contributed by atoms with Crippen molar-refractivity contribution < 1.29 is 9.68 Å². The Bertz CT molecular complexity index is 2260. The quantitative estimate of drug-likeness (QED) is 0.175. The molecule has 0 atom stereocenters. The summed E-state index contributed by atoms with van der Waals surface area (Å²) in [7, 11) is 0.726. The smallest absolute Gasteiger partial charge is 0.537 e. The summed E-state index contributed by atoms with van der Waals surface area (Å²) in [5.41, 5.74) is 8.15. The zero-order valence-corrected chi connectivity index (χ0v) is 22.7. The number of nitrogens with zero attached hydrogens (tertiary/aromatic N) is 1. The lowest BCUT2D eigenvalue weighted by Gasteiger charge is -2.19. The number of hydrogen-bond donors (Lipinski definition) is 1. The number of benzene rings is 7. The Labute approximate surface area is 244 Å². The lowest BCUT2D eigenvalue weighted by atomic mass is 9.86. The minimum absolute atomic E-state index is 0.594. The minimum Gasteiger partial charge on any atom is -0.537 e. The molecule has 1 N–H and O–H groups in total. The van der Waals surface area contributed by atoms with Crippen molar-refractivity contribution in [2.75, 3.05) is 0 Å². The maximum atomic E-state index is 9.24. The van der Waals surface area contributed by atoms with Gasteiger partial charge >= 0.3 is 7.69 Å². The molecule has 8 aromatic rings. The van der Waals surface area contributed by atoms with Crippen molar-refractivity contribution in [3.05, 3.63) is 146 Å². The van der Waals surface area contributed by atoms with Crippen LogP contribution in [0.25, 0.3) is 71.3 Å². The first-order valence-electron chi connectivity index (χ1n) is 14.1. The van der Waals surface area contributed by atoms with Crippen molar-refractivity contribution in [1.82, 2.24) is 4.57 Å². The van der Waals surface area contributed by atoms with Crippen LogP contribution in [0.5, 0.6) is 5.75 Å². The van der Waals surface area contributed by atoms with Gasteiger partial charge in [-0.25, -0.2) is 0 Å². The fraction of sp³-hybridized carbons (Fsp3) is 0. The molecule has 0 amide bonds. The number of aromatic nitrogens is 1. The zero-order valence-electron chi connectivity index (χ0n) is 22.7. The maximum Gasteiger partial charge on any atom is 0.569 e. The summed E-state index contributed by atoms with van der Waals surface area (Å²) in [4.78, 5) is 0. The Balaban J connectivity index is 1.51. The standard InChI is InChI=1S/C38H25BNO2/c41-39-42-28-20-22-36-33(24-28)29-15-9-10-18-35(29)40(36)27-19-21-32-34(23-27)38(26-13-5-2-6-14-26)31-17-8-7-16-30(31)37(32)25-11-3-1-4-12-25/h1-24,41H. The van der Waals surface area contributed by atoms with E-state index in [1.165, 1.54) is 43.8 Å². The lowest BCUT2D eigenvalue weighted by molar-refractivity contribution is 0.454. The van der Waals surface area contributed by atoms with Crippen LogP contribution in [0.15, 0.2) is 146 Å². The van der Waals surface area contributed by atoms with Crippen molar-refractivity contribution in [2.24, 2.45) is 0 Å². The number of hydrogen-bond acceptors (Lipinski definition) is 2. The van der Waals surface area contributed by atoms with Crippen LogP contribution in [-0.2, 0) is 0 Å². The number of para-hydroxylation sites is 1. The van der Waals surface area contributed by atoms with Crippen molar-refractivity contribution >= 4 is 51.0 Å². The third-order valence-electron chi connectivity index (χ3n) is 8.22. The van der Waals surface area contributed by atoms with Gasteiger partial charge in [-0.15, -0.1) is 0 Å². The van der Waals surface area contributed by atoms with Crippen LogP contribution in [0.2, 0.25) is 0 Å². The van der Waals surface area contributed by atoms with Crippen molar-refractivity contribution in [1.29, 1.82) is 0 Å². The van der Waals surface area contributed by atoms with Crippen LogP contribution in [0.3, 0.4) is 0 Å². The van der Waals surface area contributed by atoms with Crippen LogP contribution in [-0.4, -0.2) is 17.3 Å². The molecule has 0 unspecified atom stereocenters. The van der Waals surface area contributed by atoms with Gasteiger partial charge in [0.2, 0.25) is 0 Å². The van der Waals surface area contributed by atoms with E-state index in [1.54, 1.807) is 0 Å². The highest BCUT2D eigenvalue weighted by Gasteiger charge is 2.19. The van der Waals surface area contributed by atoms with Crippen LogP contribution in [0, 0.1) is 0 Å². The molecule has 0 bridgehead atoms. The Morgan fingerprint density at radius 3 is 1.67 bits per heavy atom. The molecule has 0 aliphatic rings. The summed E-state index contributed by atoms with van der Waals surface area (Å²) in [5.74, 6) is 0.594. The Morgan fingerprint density at radius 2 is 1.00 bits per heavy atom. The lowest BCUT2D eigenvalue weighted by Crippen LogP contribution is -1.99. The Morgan fingerprint density at radius 1 is 0.452 bits per heavy atom. The first-order chi connectivity index (χ1) is 20.8. The monoisotopic (exact) mass is 538 g/mol. The number of fused-ring (bicyclic) bond motifs is 5. The molecule has 0 spiro atoms. The second-order valence-corrected chi connectivity index (χ2v) is 10.5. The van der Waals surface area contributed by atoms with Crippen LogP contribution in [0.1, 0.15) is 0 Å². The minimum atomic E-state index is 0.594. The van der Waals surface area contributed by atoms with E-state index in [9.17, 15) is 5.02 Å². The average molecular weight is 538 g/mol. The predicted octanol–water partition coefficient (Wildman–Crippen LogP) is 9.33. The molecule has 0 aliphatic heterocycles. The molecule has 1 radical (unpaired) electrons. The average Bonchev–Trinajstić information content (AvgIpc) is 3.38. The van der Waals surface area contributed by atoms with E-state index >= 15 is 0 Å². The molecular formula is C38H25BNO2. The summed E-state index contributed by atoms with van der Waals surface area (Å²) in [6.45, 7) is 0. The van der Waals surface area contributed by atoms with Crippen LogP contribution >= 0.6 is 0 Å². The Kier molecular flexibility index (Phi) is 5.80. The van der Waals surface area contributed by atoms with E-state index in [2.05, 4.69) is 138 Å². The highest BCUT2D eigenvalue weighted by molar-refractivity contribution is 6.22. The molecule has 4 heteroatoms. The van der Waals surface area contributed by atoms with Gasteiger partial charge in [-0.1, -0.05) is 109 Å². The summed E-state index contributed by atoms with van der Waals surface area (Å²) < 4.78 is 7.64. The fourth-order valence-corrected chi connectivity index (χ4v) is 6.50. The topological polar surface area (TPSA) is 34.4 Å². The van der Waals surface area contributed by atoms with Crippen LogP contribution in [0.4, 0.5) is 0 Å².